The third-order valence-corrected chi connectivity index (χ3v) is 2.60. The summed E-state index contributed by atoms with van der Waals surface area (Å²) >= 11 is 0. The number of rotatable bonds is 5. The Bertz CT molecular complexity index is 428. The standard InChI is InChI=1S/C12H12F2O3/c13-11(14)6-17-10-4-8(7-1-2-7)3-9(5-10)12(15)16/h3-5,7,11H,1-2,6H2,(H,15,16). The number of aromatic carboxylic acids is 1. The SMILES string of the molecule is O=C(O)c1cc(OCC(F)F)cc(C2CC2)c1. The zero-order valence-electron chi connectivity index (χ0n) is 9.03. The van der Waals surface area contributed by atoms with Gasteiger partial charge in [0.15, 0.2) is 0 Å². The number of carbonyl (C=O) groups is 1. The van der Waals surface area contributed by atoms with E-state index >= 15 is 0 Å². The maximum Gasteiger partial charge on any atom is 0.335 e. The van der Waals surface area contributed by atoms with Crippen molar-refractivity contribution in [1.29, 1.82) is 0 Å². The van der Waals surface area contributed by atoms with Gasteiger partial charge in [-0.25, -0.2) is 13.6 Å². The average molecular weight is 242 g/mol. The summed E-state index contributed by atoms with van der Waals surface area (Å²) in [6.07, 6.45) is -0.540. The van der Waals surface area contributed by atoms with E-state index in [0.717, 1.165) is 18.4 Å². The molecule has 1 aromatic carbocycles. The van der Waals surface area contributed by atoms with Crippen LogP contribution in [0.25, 0.3) is 0 Å². The van der Waals surface area contributed by atoms with Crippen molar-refractivity contribution in [2.45, 2.75) is 25.2 Å². The zero-order chi connectivity index (χ0) is 12.4. The minimum absolute atomic E-state index is 0.0821. The Morgan fingerprint density at radius 1 is 1.41 bits per heavy atom. The van der Waals surface area contributed by atoms with Gasteiger partial charge in [-0.2, -0.15) is 0 Å². The second kappa shape index (κ2) is 4.69. The minimum Gasteiger partial charge on any atom is -0.488 e. The number of alkyl halides is 2. The van der Waals surface area contributed by atoms with Crippen molar-refractivity contribution in [2.75, 3.05) is 6.61 Å². The Morgan fingerprint density at radius 3 is 2.65 bits per heavy atom. The number of benzene rings is 1. The molecule has 1 aliphatic rings. The second-order valence-corrected chi connectivity index (χ2v) is 4.07. The molecule has 1 saturated carbocycles. The van der Waals surface area contributed by atoms with Gasteiger partial charge in [-0.15, -0.1) is 0 Å². The van der Waals surface area contributed by atoms with Crippen molar-refractivity contribution < 1.29 is 23.4 Å². The van der Waals surface area contributed by atoms with E-state index < -0.39 is 19.0 Å². The lowest BCUT2D eigenvalue weighted by Crippen LogP contribution is -2.08. The van der Waals surface area contributed by atoms with Gasteiger partial charge in [-0.1, -0.05) is 0 Å². The molecule has 0 aliphatic heterocycles. The van der Waals surface area contributed by atoms with Crippen LogP contribution in [-0.4, -0.2) is 24.1 Å². The summed E-state index contributed by atoms with van der Waals surface area (Å²) in [5, 5.41) is 8.91. The molecule has 17 heavy (non-hydrogen) atoms. The highest BCUT2D eigenvalue weighted by Crippen LogP contribution is 2.41. The van der Waals surface area contributed by atoms with Crippen LogP contribution < -0.4 is 4.74 Å². The summed E-state index contributed by atoms with van der Waals surface area (Å²) in [4.78, 5) is 10.9. The number of carboxylic acid groups (broad SMARTS) is 1. The summed E-state index contributed by atoms with van der Waals surface area (Å²) in [6, 6.07) is 4.50. The molecule has 1 aliphatic carbocycles. The lowest BCUT2D eigenvalue weighted by Gasteiger charge is -2.09. The van der Waals surface area contributed by atoms with E-state index in [0.29, 0.717) is 5.92 Å². The first kappa shape index (κ1) is 11.8. The third-order valence-electron chi connectivity index (χ3n) is 2.60. The molecule has 3 nitrogen and oxygen atoms in total. The molecule has 0 saturated heterocycles. The van der Waals surface area contributed by atoms with Gasteiger partial charge < -0.3 is 9.84 Å². The maximum absolute atomic E-state index is 12.0. The molecule has 0 aromatic heterocycles. The summed E-state index contributed by atoms with van der Waals surface area (Å²) in [5.41, 5.74) is 0.938. The van der Waals surface area contributed by atoms with Gasteiger partial charge in [0.2, 0.25) is 0 Å². The van der Waals surface area contributed by atoms with Crippen LogP contribution in [0.5, 0.6) is 5.75 Å². The van der Waals surface area contributed by atoms with E-state index in [1.807, 2.05) is 0 Å². The molecule has 0 radical (unpaired) electrons. The molecule has 1 aromatic rings. The van der Waals surface area contributed by atoms with Gasteiger partial charge in [0, 0.05) is 0 Å². The first-order valence-corrected chi connectivity index (χ1v) is 5.35. The fourth-order valence-electron chi connectivity index (χ4n) is 1.64. The Kier molecular flexibility index (Phi) is 3.26. The van der Waals surface area contributed by atoms with Crippen LogP contribution in [0, 0.1) is 0 Å². The molecular formula is C12H12F2O3. The van der Waals surface area contributed by atoms with Crippen LogP contribution >= 0.6 is 0 Å². The van der Waals surface area contributed by atoms with E-state index in [-0.39, 0.29) is 11.3 Å². The molecular weight excluding hydrogens is 230 g/mol. The quantitative estimate of drug-likeness (QED) is 0.863. The number of halogens is 2. The molecule has 5 heteroatoms. The first-order valence-electron chi connectivity index (χ1n) is 5.35. The Labute approximate surface area is 97.0 Å². The van der Waals surface area contributed by atoms with Crippen LogP contribution in [0.15, 0.2) is 18.2 Å². The van der Waals surface area contributed by atoms with Gasteiger partial charge in [0.05, 0.1) is 5.56 Å². The largest absolute Gasteiger partial charge is 0.488 e. The molecule has 1 fully saturated rings. The summed E-state index contributed by atoms with van der Waals surface area (Å²) in [7, 11) is 0. The third kappa shape index (κ3) is 3.15. The van der Waals surface area contributed by atoms with E-state index in [2.05, 4.69) is 0 Å². The van der Waals surface area contributed by atoms with Crippen molar-refractivity contribution >= 4 is 5.97 Å². The summed E-state index contributed by atoms with van der Waals surface area (Å²) in [6.45, 7) is -0.715. The van der Waals surface area contributed by atoms with Crippen LogP contribution in [-0.2, 0) is 0 Å². The van der Waals surface area contributed by atoms with Gasteiger partial charge in [0.1, 0.15) is 12.4 Å². The highest BCUT2D eigenvalue weighted by atomic mass is 19.3. The van der Waals surface area contributed by atoms with Crippen LogP contribution in [0.2, 0.25) is 0 Å². The fourth-order valence-corrected chi connectivity index (χ4v) is 1.64. The van der Waals surface area contributed by atoms with Gasteiger partial charge in [0.25, 0.3) is 6.43 Å². The van der Waals surface area contributed by atoms with Crippen molar-refractivity contribution in [3.05, 3.63) is 29.3 Å². The number of carboxylic acids is 1. The van der Waals surface area contributed by atoms with Gasteiger partial charge >= 0.3 is 5.97 Å². The molecule has 0 unspecified atom stereocenters. The minimum atomic E-state index is -2.56. The Balaban J connectivity index is 2.21. The van der Waals surface area contributed by atoms with E-state index in [1.54, 1.807) is 12.1 Å². The Morgan fingerprint density at radius 2 is 2.12 bits per heavy atom. The van der Waals surface area contributed by atoms with Crippen molar-refractivity contribution in [2.24, 2.45) is 0 Å². The maximum atomic E-state index is 12.0. The topological polar surface area (TPSA) is 46.5 Å². The molecule has 2 rings (SSSR count). The number of ether oxygens (including phenoxy) is 1. The second-order valence-electron chi connectivity index (χ2n) is 4.07. The zero-order valence-corrected chi connectivity index (χ0v) is 9.03. The Hall–Kier alpha value is -1.65. The van der Waals surface area contributed by atoms with Gasteiger partial charge in [-0.3, -0.25) is 0 Å². The molecule has 0 heterocycles. The van der Waals surface area contributed by atoms with Crippen LogP contribution in [0.1, 0.15) is 34.7 Å². The van der Waals surface area contributed by atoms with Crippen LogP contribution in [0.3, 0.4) is 0 Å². The predicted molar refractivity (Wildman–Crippen MR) is 56.9 cm³/mol. The molecule has 0 atom stereocenters. The summed E-state index contributed by atoms with van der Waals surface area (Å²) in [5.74, 6) is -0.523. The first-order chi connectivity index (χ1) is 8.06. The normalized spacial score (nSPS) is 15.0. The van der Waals surface area contributed by atoms with E-state index in [9.17, 15) is 13.6 Å². The van der Waals surface area contributed by atoms with Crippen LogP contribution in [0.4, 0.5) is 8.78 Å². The highest BCUT2D eigenvalue weighted by molar-refractivity contribution is 5.88. The molecule has 0 bridgehead atoms. The monoisotopic (exact) mass is 242 g/mol. The molecule has 0 amide bonds. The summed E-state index contributed by atoms with van der Waals surface area (Å²) < 4.78 is 28.9. The van der Waals surface area contributed by atoms with Crippen molar-refractivity contribution in [1.82, 2.24) is 0 Å². The van der Waals surface area contributed by atoms with Crippen molar-refractivity contribution in [3.63, 3.8) is 0 Å². The van der Waals surface area contributed by atoms with E-state index in [1.165, 1.54) is 6.07 Å². The smallest absolute Gasteiger partial charge is 0.335 e. The number of hydrogen-bond acceptors (Lipinski definition) is 2. The molecule has 1 N–H and O–H groups in total. The molecule has 0 spiro atoms. The fraction of sp³-hybridized carbons (Fsp3) is 0.417. The lowest BCUT2D eigenvalue weighted by atomic mass is 10.1. The highest BCUT2D eigenvalue weighted by Gasteiger charge is 2.25. The lowest BCUT2D eigenvalue weighted by molar-refractivity contribution is 0.0695. The van der Waals surface area contributed by atoms with E-state index in [4.69, 9.17) is 9.84 Å². The predicted octanol–water partition coefficient (Wildman–Crippen LogP) is 2.91. The molecule has 92 valence electrons. The average Bonchev–Trinajstić information content (AvgIpc) is 3.09. The van der Waals surface area contributed by atoms with Gasteiger partial charge in [-0.05, 0) is 42.5 Å². The van der Waals surface area contributed by atoms with Crippen molar-refractivity contribution in [3.8, 4) is 5.75 Å². The number of hydrogen-bond donors (Lipinski definition) is 1.